The first-order chi connectivity index (χ1) is 11.1. The van der Waals surface area contributed by atoms with Gasteiger partial charge >= 0.3 is 0 Å². The molecule has 2 heterocycles. The van der Waals surface area contributed by atoms with E-state index >= 15 is 0 Å². The van der Waals surface area contributed by atoms with Crippen molar-refractivity contribution in [3.8, 4) is 16.8 Å². The first kappa shape index (κ1) is 14.2. The highest BCUT2D eigenvalue weighted by Crippen LogP contribution is 2.28. The largest absolute Gasteiger partial charge is 0.275 e. The fraction of sp³-hybridized carbons (Fsp3) is 0.111. The minimum absolute atomic E-state index is 1.02. The Morgan fingerprint density at radius 1 is 1.04 bits per heavy atom. The van der Waals surface area contributed by atoms with Crippen LogP contribution in [0.4, 0.5) is 0 Å². The summed E-state index contributed by atoms with van der Waals surface area (Å²) in [5.74, 6) is 0. The van der Waals surface area contributed by atoms with E-state index < -0.39 is 0 Å². The lowest BCUT2D eigenvalue weighted by Crippen LogP contribution is -1.96. The van der Waals surface area contributed by atoms with Crippen LogP contribution in [0.25, 0.3) is 27.7 Å². The lowest BCUT2D eigenvalue weighted by atomic mass is 10.1. The van der Waals surface area contributed by atoms with E-state index in [1.807, 2.05) is 47.9 Å². The number of aryl methyl sites for hydroxylation is 2. The van der Waals surface area contributed by atoms with Crippen LogP contribution in [-0.2, 0) is 7.05 Å². The summed E-state index contributed by atoms with van der Waals surface area (Å²) in [6.07, 6.45) is 3.91. The molecule has 0 saturated heterocycles. The number of hydrogen-bond acceptors (Lipinski definition) is 2. The monoisotopic (exact) mass is 366 g/mol. The fourth-order valence-corrected chi connectivity index (χ4v) is 3.21. The topological polar surface area (TPSA) is 35.6 Å². The third kappa shape index (κ3) is 2.47. The molecule has 0 aliphatic carbocycles. The van der Waals surface area contributed by atoms with Crippen molar-refractivity contribution in [2.75, 3.05) is 0 Å². The summed E-state index contributed by atoms with van der Waals surface area (Å²) < 4.78 is 4.85. The number of halogens is 1. The molecule has 5 heteroatoms. The van der Waals surface area contributed by atoms with Crippen LogP contribution in [0.3, 0.4) is 0 Å². The van der Waals surface area contributed by atoms with E-state index in [1.54, 1.807) is 0 Å². The van der Waals surface area contributed by atoms with Crippen molar-refractivity contribution < 1.29 is 0 Å². The Morgan fingerprint density at radius 2 is 1.91 bits per heavy atom. The van der Waals surface area contributed by atoms with Gasteiger partial charge in [-0.05, 0) is 42.8 Å². The number of rotatable bonds is 2. The normalized spacial score (nSPS) is 11.3. The smallest absolute Gasteiger partial charge is 0.0744 e. The average molecular weight is 367 g/mol. The van der Waals surface area contributed by atoms with Crippen LogP contribution < -0.4 is 0 Å². The van der Waals surface area contributed by atoms with Gasteiger partial charge in [0.1, 0.15) is 0 Å². The molecule has 0 radical (unpaired) electrons. The van der Waals surface area contributed by atoms with Crippen molar-refractivity contribution in [2.45, 2.75) is 6.92 Å². The summed E-state index contributed by atoms with van der Waals surface area (Å²) in [6.45, 7) is 2.05. The molecule has 0 saturated carbocycles. The molecule has 114 valence electrons. The molecule has 4 nitrogen and oxygen atoms in total. The van der Waals surface area contributed by atoms with Gasteiger partial charge in [0.05, 0.1) is 23.1 Å². The first-order valence-electron chi connectivity index (χ1n) is 7.36. The van der Waals surface area contributed by atoms with Crippen molar-refractivity contribution in [1.82, 2.24) is 19.6 Å². The van der Waals surface area contributed by atoms with Crippen molar-refractivity contribution in [2.24, 2.45) is 7.05 Å². The molecule has 4 rings (SSSR count). The number of hydrogen-bond donors (Lipinski definition) is 0. The van der Waals surface area contributed by atoms with Crippen LogP contribution in [0, 0.1) is 6.92 Å². The van der Waals surface area contributed by atoms with E-state index in [0.717, 1.165) is 37.9 Å². The van der Waals surface area contributed by atoms with E-state index in [2.05, 4.69) is 51.4 Å². The molecule has 2 aromatic carbocycles. The Hall–Kier alpha value is -2.40. The Bertz CT molecular complexity index is 1010. The summed E-state index contributed by atoms with van der Waals surface area (Å²) in [6, 6.07) is 14.6. The van der Waals surface area contributed by atoms with Crippen molar-refractivity contribution >= 4 is 26.8 Å². The van der Waals surface area contributed by atoms with Crippen LogP contribution in [-0.4, -0.2) is 19.6 Å². The minimum Gasteiger partial charge on any atom is -0.275 e. The van der Waals surface area contributed by atoms with Gasteiger partial charge in [0, 0.05) is 28.7 Å². The van der Waals surface area contributed by atoms with Crippen LogP contribution in [0.5, 0.6) is 0 Å². The second-order valence-electron chi connectivity index (χ2n) is 5.61. The summed E-state index contributed by atoms with van der Waals surface area (Å²) >= 11 is 3.52. The van der Waals surface area contributed by atoms with E-state index in [4.69, 9.17) is 5.10 Å². The molecule has 0 N–H and O–H groups in total. The van der Waals surface area contributed by atoms with Gasteiger partial charge in [-0.15, -0.1) is 0 Å². The van der Waals surface area contributed by atoms with Crippen molar-refractivity contribution in [1.29, 1.82) is 0 Å². The molecular formula is C18H15BrN4. The molecule has 0 unspecified atom stereocenters. The molecule has 0 fully saturated rings. The molecular weight excluding hydrogens is 352 g/mol. The third-order valence-electron chi connectivity index (χ3n) is 3.96. The highest BCUT2D eigenvalue weighted by Gasteiger charge is 2.11. The number of aromatic nitrogens is 4. The summed E-state index contributed by atoms with van der Waals surface area (Å²) in [7, 11) is 1.93. The van der Waals surface area contributed by atoms with Gasteiger partial charge in [-0.3, -0.25) is 4.68 Å². The van der Waals surface area contributed by atoms with Gasteiger partial charge in [0.25, 0.3) is 0 Å². The van der Waals surface area contributed by atoms with Crippen molar-refractivity contribution in [3.63, 3.8) is 0 Å². The summed E-state index contributed by atoms with van der Waals surface area (Å²) in [5, 5.41) is 10.1. The zero-order valence-electron chi connectivity index (χ0n) is 12.9. The Labute approximate surface area is 142 Å². The Morgan fingerprint density at radius 3 is 2.65 bits per heavy atom. The average Bonchev–Trinajstić information content (AvgIpc) is 3.11. The molecule has 0 spiro atoms. The van der Waals surface area contributed by atoms with Gasteiger partial charge in [-0.25, -0.2) is 4.68 Å². The second-order valence-corrected chi connectivity index (χ2v) is 6.53. The van der Waals surface area contributed by atoms with Crippen LogP contribution in [0.15, 0.2) is 59.3 Å². The third-order valence-corrected chi connectivity index (χ3v) is 4.45. The number of nitrogens with zero attached hydrogens (tertiary/aromatic N) is 4. The first-order valence-corrected chi connectivity index (χ1v) is 8.15. The standard InChI is InChI=1S/C18H15BrN4/c1-12-17-8-13(14-10-20-22(2)11-14)6-7-18(17)23(21-12)16-5-3-4-15(19)9-16/h3-11H,1-2H3. The Balaban J connectivity index is 1.89. The summed E-state index contributed by atoms with van der Waals surface area (Å²) in [4.78, 5) is 0. The molecule has 23 heavy (non-hydrogen) atoms. The highest BCUT2D eigenvalue weighted by atomic mass is 79.9. The maximum atomic E-state index is 4.72. The van der Waals surface area contributed by atoms with Crippen LogP contribution in [0.2, 0.25) is 0 Å². The van der Waals surface area contributed by atoms with Crippen LogP contribution >= 0.6 is 15.9 Å². The maximum Gasteiger partial charge on any atom is 0.0744 e. The zero-order chi connectivity index (χ0) is 16.0. The summed E-state index contributed by atoms with van der Waals surface area (Å²) in [5.41, 5.74) is 5.44. The molecule has 0 atom stereocenters. The van der Waals surface area contributed by atoms with E-state index in [0.29, 0.717) is 0 Å². The van der Waals surface area contributed by atoms with E-state index in [-0.39, 0.29) is 0 Å². The van der Waals surface area contributed by atoms with E-state index in [9.17, 15) is 0 Å². The molecule has 2 aromatic heterocycles. The predicted octanol–water partition coefficient (Wildman–Crippen LogP) is 4.50. The second kappa shape index (κ2) is 5.35. The van der Waals surface area contributed by atoms with Gasteiger partial charge in [-0.1, -0.05) is 28.1 Å². The van der Waals surface area contributed by atoms with Gasteiger partial charge in [0.15, 0.2) is 0 Å². The number of fused-ring (bicyclic) bond motifs is 1. The molecule has 0 aliphatic heterocycles. The fourth-order valence-electron chi connectivity index (χ4n) is 2.82. The molecule has 4 aromatic rings. The lowest BCUT2D eigenvalue weighted by Gasteiger charge is -2.04. The maximum absolute atomic E-state index is 4.72. The van der Waals surface area contributed by atoms with Crippen LogP contribution in [0.1, 0.15) is 5.69 Å². The molecule has 0 bridgehead atoms. The lowest BCUT2D eigenvalue weighted by molar-refractivity contribution is 0.768. The van der Waals surface area contributed by atoms with Crippen molar-refractivity contribution in [3.05, 3.63) is 65.0 Å². The predicted molar refractivity (Wildman–Crippen MR) is 95.7 cm³/mol. The number of benzene rings is 2. The quantitative estimate of drug-likeness (QED) is 0.523. The van der Waals surface area contributed by atoms with Gasteiger partial charge < -0.3 is 0 Å². The SMILES string of the molecule is Cc1nn(-c2cccc(Br)c2)c2ccc(-c3cnn(C)c3)cc12. The Kier molecular flexibility index (Phi) is 3.31. The van der Waals surface area contributed by atoms with Gasteiger partial charge in [0.2, 0.25) is 0 Å². The zero-order valence-corrected chi connectivity index (χ0v) is 14.4. The highest BCUT2D eigenvalue weighted by molar-refractivity contribution is 9.10. The van der Waals surface area contributed by atoms with Gasteiger partial charge in [-0.2, -0.15) is 10.2 Å². The molecule has 0 aliphatic rings. The molecule has 0 amide bonds. The minimum atomic E-state index is 1.02. The van der Waals surface area contributed by atoms with E-state index in [1.165, 1.54) is 0 Å².